The summed E-state index contributed by atoms with van der Waals surface area (Å²) < 4.78 is 7.39. The Morgan fingerprint density at radius 3 is 2.47 bits per heavy atom. The van der Waals surface area contributed by atoms with E-state index in [9.17, 15) is 4.79 Å². The minimum atomic E-state index is -0.00401. The standard InChI is InChI=1S/C27H26N4O2S/c1-18-7-9-19(10-8-18)25-29-30-27(31(25)22-13-15-23(33-2)16-14-22)34-17-20-5-3-4-6-24(20)26(32)28-21-11-12-21/h3-10,13-16,21H,11-12,17H2,1-2H3,(H,28,32). The van der Waals surface area contributed by atoms with Crippen molar-refractivity contribution in [1.82, 2.24) is 20.1 Å². The van der Waals surface area contributed by atoms with E-state index < -0.39 is 0 Å². The van der Waals surface area contributed by atoms with Gasteiger partial charge in [-0.1, -0.05) is 59.8 Å². The first-order valence-electron chi connectivity index (χ1n) is 11.3. The Bertz CT molecular complexity index is 1300. The molecule has 34 heavy (non-hydrogen) atoms. The normalized spacial score (nSPS) is 13.0. The van der Waals surface area contributed by atoms with Crippen LogP contribution in [0.2, 0.25) is 0 Å². The summed E-state index contributed by atoms with van der Waals surface area (Å²) in [6.07, 6.45) is 2.13. The highest BCUT2D eigenvalue weighted by atomic mass is 32.2. The lowest BCUT2D eigenvalue weighted by Crippen LogP contribution is -2.26. The van der Waals surface area contributed by atoms with Crippen molar-refractivity contribution in [1.29, 1.82) is 0 Å². The number of rotatable bonds is 8. The van der Waals surface area contributed by atoms with Crippen LogP contribution in [-0.4, -0.2) is 33.8 Å². The average Bonchev–Trinajstić information content (AvgIpc) is 3.59. The molecular weight excluding hydrogens is 444 g/mol. The lowest BCUT2D eigenvalue weighted by Gasteiger charge is -2.12. The van der Waals surface area contributed by atoms with Crippen molar-refractivity contribution in [3.63, 3.8) is 0 Å². The van der Waals surface area contributed by atoms with Crippen molar-refractivity contribution in [2.24, 2.45) is 0 Å². The fourth-order valence-corrected chi connectivity index (χ4v) is 4.67. The van der Waals surface area contributed by atoms with Crippen LogP contribution in [0.4, 0.5) is 0 Å². The van der Waals surface area contributed by atoms with Crippen LogP contribution in [0.1, 0.15) is 34.3 Å². The van der Waals surface area contributed by atoms with Gasteiger partial charge in [0.25, 0.3) is 5.91 Å². The zero-order valence-corrected chi connectivity index (χ0v) is 20.0. The molecular formula is C27H26N4O2S. The number of carbonyl (C=O) groups is 1. The number of aromatic nitrogens is 3. The number of nitrogens with one attached hydrogen (secondary N) is 1. The molecule has 0 bridgehead atoms. The van der Waals surface area contributed by atoms with Gasteiger partial charge in [-0.3, -0.25) is 9.36 Å². The van der Waals surface area contributed by atoms with Crippen LogP contribution in [0.3, 0.4) is 0 Å². The lowest BCUT2D eigenvalue weighted by atomic mass is 10.1. The third-order valence-corrected chi connectivity index (χ3v) is 6.78. The van der Waals surface area contributed by atoms with Gasteiger partial charge in [-0.15, -0.1) is 10.2 Å². The van der Waals surface area contributed by atoms with E-state index in [1.165, 1.54) is 5.56 Å². The third-order valence-electron chi connectivity index (χ3n) is 5.81. The number of ether oxygens (including phenoxy) is 1. The van der Waals surface area contributed by atoms with Gasteiger partial charge in [0.2, 0.25) is 0 Å². The van der Waals surface area contributed by atoms with E-state index in [2.05, 4.69) is 51.3 Å². The van der Waals surface area contributed by atoms with Crippen molar-refractivity contribution in [2.45, 2.75) is 36.7 Å². The van der Waals surface area contributed by atoms with Crippen LogP contribution in [-0.2, 0) is 5.75 Å². The summed E-state index contributed by atoms with van der Waals surface area (Å²) in [5.74, 6) is 2.16. The summed E-state index contributed by atoms with van der Waals surface area (Å²) in [6, 6.07) is 24.2. The predicted octanol–water partition coefficient (Wildman–Crippen LogP) is 5.44. The molecule has 1 aromatic heterocycles. The first kappa shape index (κ1) is 22.2. The van der Waals surface area contributed by atoms with E-state index in [0.29, 0.717) is 11.8 Å². The summed E-state index contributed by atoms with van der Waals surface area (Å²) in [4.78, 5) is 12.7. The minimum absolute atomic E-state index is 0.00401. The van der Waals surface area contributed by atoms with Crippen molar-refractivity contribution in [3.05, 3.63) is 89.5 Å². The zero-order chi connectivity index (χ0) is 23.5. The number of methoxy groups -OCH3 is 1. The Kier molecular flexibility index (Phi) is 6.36. The van der Waals surface area contributed by atoms with E-state index in [-0.39, 0.29) is 5.91 Å². The van der Waals surface area contributed by atoms with E-state index in [1.54, 1.807) is 18.9 Å². The number of amides is 1. The van der Waals surface area contributed by atoms with Crippen LogP contribution >= 0.6 is 11.8 Å². The highest BCUT2D eigenvalue weighted by molar-refractivity contribution is 7.98. The Morgan fingerprint density at radius 1 is 1.03 bits per heavy atom. The first-order chi connectivity index (χ1) is 16.6. The van der Waals surface area contributed by atoms with Crippen molar-refractivity contribution >= 4 is 17.7 Å². The molecule has 5 rings (SSSR count). The van der Waals surface area contributed by atoms with E-state index >= 15 is 0 Å². The molecule has 1 fully saturated rings. The highest BCUT2D eigenvalue weighted by Crippen LogP contribution is 2.31. The van der Waals surface area contributed by atoms with Gasteiger partial charge in [0.15, 0.2) is 11.0 Å². The van der Waals surface area contributed by atoms with Crippen LogP contribution in [0.5, 0.6) is 5.75 Å². The van der Waals surface area contributed by atoms with Gasteiger partial charge >= 0.3 is 0 Å². The third kappa shape index (κ3) is 4.84. The van der Waals surface area contributed by atoms with Crippen LogP contribution in [0, 0.1) is 6.92 Å². The SMILES string of the molecule is COc1ccc(-n2c(SCc3ccccc3C(=O)NC3CC3)nnc2-c2ccc(C)cc2)cc1. The number of aryl methyl sites for hydroxylation is 1. The van der Waals surface area contributed by atoms with Gasteiger partial charge < -0.3 is 10.1 Å². The molecule has 1 aliphatic carbocycles. The maximum absolute atomic E-state index is 12.7. The lowest BCUT2D eigenvalue weighted by molar-refractivity contribution is 0.0950. The van der Waals surface area contributed by atoms with E-state index in [4.69, 9.17) is 4.74 Å². The molecule has 0 atom stereocenters. The molecule has 7 heteroatoms. The topological polar surface area (TPSA) is 69.0 Å². The summed E-state index contributed by atoms with van der Waals surface area (Å²) >= 11 is 1.57. The molecule has 0 unspecified atom stereocenters. The van der Waals surface area contributed by atoms with Crippen LogP contribution in [0.25, 0.3) is 17.1 Å². The van der Waals surface area contributed by atoms with Crippen LogP contribution < -0.4 is 10.1 Å². The molecule has 3 aromatic carbocycles. The number of thioether (sulfide) groups is 1. The second kappa shape index (κ2) is 9.73. The van der Waals surface area contributed by atoms with E-state index in [0.717, 1.165) is 51.9 Å². The predicted molar refractivity (Wildman–Crippen MR) is 135 cm³/mol. The van der Waals surface area contributed by atoms with Gasteiger partial charge in [0, 0.05) is 28.6 Å². The smallest absolute Gasteiger partial charge is 0.251 e. The summed E-state index contributed by atoms with van der Waals surface area (Å²) in [6.45, 7) is 2.07. The van der Waals surface area contributed by atoms with Gasteiger partial charge in [0.1, 0.15) is 5.75 Å². The molecule has 0 aliphatic heterocycles. The monoisotopic (exact) mass is 470 g/mol. The number of hydrogen-bond donors (Lipinski definition) is 1. The number of carbonyl (C=O) groups excluding carboxylic acids is 1. The molecule has 1 aliphatic rings. The van der Waals surface area contributed by atoms with Crippen molar-refractivity contribution < 1.29 is 9.53 Å². The quantitative estimate of drug-likeness (QED) is 0.348. The van der Waals surface area contributed by atoms with Gasteiger partial charge in [-0.25, -0.2) is 0 Å². The molecule has 0 saturated heterocycles. The largest absolute Gasteiger partial charge is 0.497 e. The molecule has 0 radical (unpaired) electrons. The first-order valence-corrected chi connectivity index (χ1v) is 12.3. The maximum atomic E-state index is 12.7. The fraction of sp³-hybridized carbons (Fsp3) is 0.222. The summed E-state index contributed by atoms with van der Waals surface area (Å²) in [7, 11) is 1.66. The summed E-state index contributed by atoms with van der Waals surface area (Å²) in [5.41, 5.74) is 4.83. The minimum Gasteiger partial charge on any atom is -0.497 e. The maximum Gasteiger partial charge on any atom is 0.251 e. The Hall–Kier alpha value is -3.58. The molecule has 1 N–H and O–H groups in total. The highest BCUT2D eigenvalue weighted by Gasteiger charge is 2.25. The van der Waals surface area contributed by atoms with Gasteiger partial charge in [-0.05, 0) is 55.7 Å². The fourth-order valence-electron chi connectivity index (χ4n) is 3.72. The van der Waals surface area contributed by atoms with E-state index in [1.807, 2.05) is 48.5 Å². The van der Waals surface area contributed by atoms with Crippen LogP contribution in [0.15, 0.2) is 78.0 Å². The van der Waals surface area contributed by atoms with Crippen molar-refractivity contribution in [3.8, 4) is 22.8 Å². The molecule has 1 amide bonds. The molecule has 1 heterocycles. The zero-order valence-electron chi connectivity index (χ0n) is 19.2. The Morgan fingerprint density at radius 2 is 1.76 bits per heavy atom. The molecule has 4 aromatic rings. The number of benzene rings is 3. The summed E-state index contributed by atoms with van der Waals surface area (Å²) in [5, 5.41) is 12.9. The van der Waals surface area contributed by atoms with Gasteiger partial charge in [-0.2, -0.15) is 0 Å². The molecule has 6 nitrogen and oxygen atoms in total. The second-order valence-corrected chi connectivity index (χ2v) is 9.34. The Labute approximate surface area is 203 Å². The molecule has 172 valence electrons. The number of nitrogens with zero attached hydrogens (tertiary/aromatic N) is 3. The van der Waals surface area contributed by atoms with Gasteiger partial charge in [0.05, 0.1) is 7.11 Å². The number of hydrogen-bond acceptors (Lipinski definition) is 5. The Balaban J connectivity index is 1.47. The van der Waals surface area contributed by atoms with Crippen molar-refractivity contribution in [2.75, 3.05) is 7.11 Å². The molecule has 1 saturated carbocycles. The second-order valence-electron chi connectivity index (χ2n) is 8.40. The molecule has 0 spiro atoms. The average molecular weight is 471 g/mol.